The first-order valence-corrected chi connectivity index (χ1v) is 8.11. The second-order valence-electron chi connectivity index (χ2n) is 5.66. The van der Waals surface area contributed by atoms with Crippen LogP contribution in [-0.2, 0) is 20.8 Å². The minimum Gasteiger partial charge on any atom is -0.395 e. The SMILES string of the molecule is COCCOCOCC1NCCN(Cc2ccccc2)C1CO. The van der Waals surface area contributed by atoms with E-state index in [0.717, 1.165) is 19.6 Å². The van der Waals surface area contributed by atoms with E-state index in [0.29, 0.717) is 19.8 Å². The Labute approximate surface area is 138 Å². The largest absolute Gasteiger partial charge is 0.395 e. The smallest absolute Gasteiger partial charge is 0.146 e. The molecule has 0 radical (unpaired) electrons. The van der Waals surface area contributed by atoms with Gasteiger partial charge in [0.25, 0.3) is 0 Å². The highest BCUT2D eigenvalue weighted by Crippen LogP contribution is 2.14. The Morgan fingerprint density at radius 1 is 1.22 bits per heavy atom. The summed E-state index contributed by atoms with van der Waals surface area (Å²) in [6.07, 6.45) is 0. The van der Waals surface area contributed by atoms with Crippen LogP contribution >= 0.6 is 0 Å². The van der Waals surface area contributed by atoms with Crippen LogP contribution in [0.15, 0.2) is 30.3 Å². The van der Waals surface area contributed by atoms with E-state index in [1.165, 1.54) is 5.56 Å². The molecule has 1 aromatic rings. The molecule has 0 bridgehead atoms. The van der Waals surface area contributed by atoms with Crippen LogP contribution in [-0.4, -0.2) is 75.5 Å². The van der Waals surface area contributed by atoms with Gasteiger partial charge in [0, 0.05) is 32.8 Å². The van der Waals surface area contributed by atoms with E-state index in [-0.39, 0.29) is 25.5 Å². The molecule has 0 saturated carbocycles. The molecule has 130 valence electrons. The Balaban J connectivity index is 1.78. The molecule has 1 aliphatic rings. The molecule has 2 atom stereocenters. The van der Waals surface area contributed by atoms with E-state index in [1.54, 1.807) is 7.11 Å². The quantitative estimate of drug-likeness (QED) is 0.482. The van der Waals surface area contributed by atoms with Crippen LogP contribution in [0, 0.1) is 0 Å². The summed E-state index contributed by atoms with van der Waals surface area (Å²) < 4.78 is 15.8. The number of ether oxygens (including phenoxy) is 3. The molecule has 0 spiro atoms. The number of methoxy groups -OCH3 is 1. The van der Waals surface area contributed by atoms with Gasteiger partial charge in [-0.3, -0.25) is 4.90 Å². The van der Waals surface area contributed by atoms with Crippen LogP contribution in [0.2, 0.25) is 0 Å². The lowest BCUT2D eigenvalue weighted by atomic mass is 10.0. The van der Waals surface area contributed by atoms with Gasteiger partial charge in [0.2, 0.25) is 0 Å². The fourth-order valence-corrected chi connectivity index (χ4v) is 2.81. The van der Waals surface area contributed by atoms with Crippen LogP contribution in [0.1, 0.15) is 5.56 Å². The summed E-state index contributed by atoms with van der Waals surface area (Å²) in [5.74, 6) is 0. The number of benzene rings is 1. The van der Waals surface area contributed by atoms with Crippen LogP contribution in [0.5, 0.6) is 0 Å². The molecular weight excluding hydrogens is 296 g/mol. The first kappa shape index (κ1) is 18.3. The monoisotopic (exact) mass is 324 g/mol. The summed E-state index contributed by atoms with van der Waals surface area (Å²) in [7, 11) is 1.64. The summed E-state index contributed by atoms with van der Waals surface area (Å²) in [5, 5.41) is 13.2. The third kappa shape index (κ3) is 6.18. The number of hydrogen-bond acceptors (Lipinski definition) is 6. The molecule has 1 fully saturated rings. The number of aliphatic hydroxyl groups excluding tert-OH is 1. The Hall–Kier alpha value is -1.02. The molecule has 2 rings (SSSR count). The third-order valence-corrected chi connectivity index (χ3v) is 4.05. The van der Waals surface area contributed by atoms with Gasteiger partial charge in [-0.25, -0.2) is 0 Å². The topological polar surface area (TPSA) is 63.2 Å². The maximum Gasteiger partial charge on any atom is 0.146 e. The average molecular weight is 324 g/mol. The first-order valence-electron chi connectivity index (χ1n) is 8.11. The van der Waals surface area contributed by atoms with Crippen molar-refractivity contribution in [2.45, 2.75) is 18.6 Å². The van der Waals surface area contributed by atoms with Crippen LogP contribution in [0.4, 0.5) is 0 Å². The fraction of sp³-hybridized carbons (Fsp3) is 0.647. The maximum atomic E-state index is 9.80. The van der Waals surface area contributed by atoms with Crippen molar-refractivity contribution in [3.8, 4) is 0 Å². The number of hydrogen-bond donors (Lipinski definition) is 2. The standard InChI is InChI=1S/C17H28N2O4/c1-21-9-10-22-14-23-13-16-17(12-20)19(8-7-18-16)11-15-5-3-2-4-6-15/h2-6,16-18,20H,7-14H2,1H3. The van der Waals surface area contributed by atoms with Crippen molar-refractivity contribution >= 4 is 0 Å². The summed E-state index contributed by atoms with van der Waals surface area (Å²) in [4.78, 5) is 2.31. The minimum atomic E-state index is 0.0444. The van der Waals surface area contributed by atoms with Gasteiger partial charge in [-0.05, 0) is 5.56 Å². The first-order chi connectivity index (χ1) is 11.3. The molecule has 1 aliphatic heterocycles. The number of nitrogens with zero attached hydrogens (tertiary/aromatic N) is 1. The molecule has 2 N–H and O–H groups in total. The number of aliphatic hydroxyl groups is 1. The maximum absolute atomic E-state index is 9.80. The van der Waals surface area contributed by atoms with E-state index >= 15 is 0 Å². The van der Waals surface area contributed by atoms with Crippen LogP contribution in [0.3, 0.4) is 0 Å². The van der Waals surface area contributed by atoms with Gasteiger partial charge in [-0.15, -0.1) is 0 Å². The Bertz CT molecular complexity index is 418. The lowest BCUT2D eigenvalue weighted by Gasteiger charge is -2.41. The predicted molar refractivity (Wildman–Crippen MR) is 88.2 cm³/mol. The zero-order valence-electron chi connectivity index (χ0n) is 13.8. The van der Waals surface area contributed by atoms with Gasteiger partial charge in [0.15, 0.2) is 0 Å². The van der Waals surface area contributed by atoms with Gasteiger partial charge >= 0.3 is 0 Å². The molecular formula is C17H28N2O4. The Morgan fingerprint density at radius 2 is 2.04 bits per heavy atom. The van der Waals surface area contributed by atoms with E-state index in [9.17, 15) is 5.11 Å². The Kier molecular flexibility index (Phi) is 8.52. The van der Waals surface area contributed by atoms with Gasteiger partial charge in [0.05, 0.1) is 32.5 Å². The average Bonchev–Trinajstić information content (AvgIpc) is 2.59. The van der Waals surface area contributed by atoms with E-state index < -0.39 is 0 Å². The number of rotatable bonds is 10. The molecule has 6 nitrogen and oxygen atoms in total. The summed E-state index contributed by atoms with van der Waals surface area (Å²) in [6, 6.07) is 10.5. The second-order valence-corrected chi connectivity index (χ2v) is 5.66. The van der Waals surface area contributed by atoms with E-state index in [1.807, 2.05) is 18.2 Å². The molecule has 6 heteroatoms. The van der Waals surface area contributed by atoms with Crippen molar-refractivity contribution in [3.05, 3.63) is 35.9 Å². The zero-order valence-corrected chi connectivity index (χ0v) is 13.8. The molecule has 23 heavy (non-hydrogen) atoms. The van der Waals surface area contributed by atoms with Crippen molar-refractivity contribution in [3.63, 3.8) is 0 Å². The van der Waals surface area contributed by atoms with Gasteiger partial charge in [-0.1, -0.05) is 30.3 Å². The molecule has 2 unspecified atom stereocenters. The Morgan fingerprint density at radius 3 is 2.78 bits per heavy atom. The molecule has 1 aromatic carbocycles. The number of piperazine rings is 1. The van der Waals surface area contributed by atoms with Crippen molar-refractivity contribution < 1.29 is 19.3 Å². The summed E-state index contributed by atoms with van der Waals surface area (Å²) in [6.45, 7) is 4.62. The van der Waals surface area contributed by atoms with Crippen LogP contribution in [0.25, 0.3) is 0 Å². The summed E-state index contributed by atoms with van der Waals surface area (Å²) in [5.41, 5.74) is 1.26. The van der Waals surface area contributed by atoms with Crippen molar-refractivity contribution in [2.75, 3.05) is 53.4 Å². The van der Waals surface area contributed by atoms with E-state index in [4.69, 9.17) is 14.2 Å². The predicted octanol–water partition coefficient (Wildman–Crippen LogP) is 0.458. The highest BCUT2D eigenvalue weighted by molar-refractivity contribution is 5.15. The second kappa shape index (κ2) is 10.7. The highest BCUT2D eigenvalue weighted by atomic mass is 16.7. The van der Waals surface area contributed by atoms with Gasteiger partial charge < -0.3 is 24.6 Å². The minimum absolute atomic E-state index is 0.0444. The van der Waals surface area contributed by atoms with Crippen molar-refractivity contribution in [1.29, 1.82) is 0 Å². The summed E-state index contributed by atoms with van der Waals surface area (Å²) >= 11 is 0. The van der Waals surface area contributed by atoms with Gasteiger partial charge in [0.1, 0.15) is 6.79 Å². The molecule has 0 aliphatic carbocycles. The number of nitrogens with one attached hydrogen (secondary N) is 1. The zero-order chi connectivity index (χ0) is 16.3. The van der Waals surface area contributed by atoms with Crippen LogP contribution < -0.4 is 5.32 Å². The molecule has 1 heterocycles. The van der Waals surface area contributed by atoms with Gasteiger partial charge in [-0.2, -0.15) is 0 Å². The highest BCUT2D eigenvalue weighted by Gasteiger charge is 2.30. The third-order valence-electron chi connectivity index (χ3n) is 4.05. The lowest BCUT2D eigenvalue weighted by Crippen LogP contribution is -2.60. The van der Waals surface area contributed by atoms with Crippen molar-refractivity contribution in [2.24, 2.45) is 0 Å². The van der Waals surface area contributed by atoms with E-state index in [2.05, 4.69) is 22.3 Å². The molecule has 0 amide bonds. The fourth-order valence-electron chi connectivity index (χ4n) is 2.81. The molecule has 1 saturated heterocycles. The lowest BCUT2D eigenvalue weighted by molar-refractivity contribution is -0.0820. The normalized spacial score (nSPS) is 22.3. The molecule has 0 aromatic heterocycles. The van der Waals surface area contributed by atoms with Crippen molar-refractivity contribution in [1.82, 2.24) is 10.2 Å².